The summed E-state index contributed by atoms with van der Waals surface area (Å²) in [4.78, 5) is 11.6. The Labute approximate surface area is 164 Å². The molecule has 8 heteroatoms. The van der Waals surface area contributed by atoms with Crippen LogP contribution >= 0.6 is 0 Å². The molecule has 0 aliphatic carbocycles. The quantitative estimate of drug-likeness (QED) is 0.187. The van der Waals surface area contributed by atoms with E-state index < -0.39 is 35.7 Å². The van der Waals surface area contributed by atoms with Gasteiger partial charge in [0.2, 0.25) is 0 Å². The molecule has 0 amide bonds. The van der Waals surface area contributed by atoms with E-state index in [2.05, 4.69) is 11.1 Å². The molecule has 0 saturated heterocycles. The van der Waals surface area contributed by atoms with Crippen molar-refractivity contribution in [1.29, 1.82) is 0 Å². The largest absolute Gasteiger partial charge is 0.463 e. The molecule has 0 saturated carbocycles. The molecule has 0 aliphatic heterocycles. The Bertz CT molecular complexity index is 451. The van der Waals surface area contributed by atoms with E-state index in [1.165, 1.54) is 64.2 Å². The Morgan fingerprint density at radius 2 is 1.30 bits per heavy atom. The van der Waals surface area contributed by atoms with Gasteiger partial charge < -0.3 is 9.84 Å². The Hall–Kier alpha value is -0.700. The lowest BCUT2D eigenvalue weighted by Gasteiger charge is -2.12. The normalized spacial score (nSPS) is 12.9. The average Bonchev–Trinajstić information content (AvgIpc) is 2.61. The van der Waals surface area contributed by atoms with Gasteiger partial charge in [-0.15, -0.1) is 0 Å². The number of esters is 1. The second-order valence-corrected chi connectivity index (χ2v) is 8.05. The van der Waals surface area contributed by atoms with Gasteiger partial charge in [-0.2, -0.15) is 8.42 Å². The second-order valence-electron chi connectivity index (χ2n) is 7.00. The number of aliphatic hydroxyl groups is 1. The van der Waals surface area contributed by atoms with Crippen molar-refractivity contribution < 1.29 is 31.8 Å². The van der Waals surface area contributed by atoms with Gasteiger partial charge in [-0.05, 0) is 6.42 Å². The molecular weight excluding hydrogens is 372 g/mol. The molecule has 2 N–H and O–H groups in total. The molecule has 0 radical (unpaired) electrons. The highest BCUT2D eigenvalue weighted by molar-refractivity contribution is 7.80. The van der Waals surface area contributed by atoms with Crippen molar-refractivity contribution in [3.63, 3.8) is 0 Å². The summed E-state index contributed by atoms with van der Waals surface area (Å²) in [7, 11) is -4.68. The summed E-state index contributed by atoms with van der Waals surface area (Å²) in [5.74, 6) is -0.463. The van der Waals surface area contributed by atoms with Crippen molar-refractivity contribution in [1.82, 2.24) is 0 Å². The van der Waals surface area contributed by atoms with Gasteiger partial charge in [-0.1, -0.05) is 84.0 Å². The maximum Gasteiger partial charge on any atom is 0.397 e. The highest BCUT2D eigenvalue weighted by atomic mass is 32.3. The van der Waals surface area contributed by atoms with E-state index in [1.54, 1.807) is 0 Å². The number of ether oxygens (including phenoxy) is 1. The third-order valence-electron chi connectivity index (χ3n) is 4.38. The van der Waals surface area contributed by atoms with E-state index >= 15 is 0 Å². The summed E-state index contributed by atoms with van der Waals surface area (Å²) in [6, 6.07) is 0. The molecule has 0 fully saturated rings. The van der Waals surface area contributed by atoms with Gasteiger partial charge >= 0.3 is 16.4 Å². The Kier molecular flexibility index (Phi) is 17.0. The lowest BCUT2D eigenvalue weighted by molar-refractivity contribution is -0.146. The maximum absolute atomic E-state index is 11.6. The predicted octanol–water partition coefficient (Wildman–Crippen LogP) is 4.19. The minimum atomic E-state index is -4.68. The van der Waals surface area contributed by atoms with Crippen LogP contribution in [0, 0.1) is 0 Å². The number of aliphatic hydroxyl groups excluding tert-OH is 1. The highest BCUT2D eigenvalue weighted by Crippen LogP contribution is 2.13. The zero-order chi connectivity index (χ0) is 20.4. The Morgan fingerprint density at radius 3 is 1.70 bits per heavy atom. The van der Waals surface area contributed by atoms with Gasteiger partial charge in [0.15, 0.2) is 0 Å². The summed E-state index contributed by atoms with van der Waals surface area (Å²) in [6.07, 6.45) is 14.8. The van der Waals surface area contributed by atoms with Crippen molar-refractivity contribution in [2.45, 2.75) is 103 Å². The van der Waals surface area contributed by atoms with E-state index in [9.17, 15) is 13.2 Å². The first-order valence-corrected chi connectivity index (χ1v) is 11.7. The molecule has 0 aromatic carbocycles. The molecule has 0 heterocycles. The van der Waals surface area contributed by atoms with Crippen molar-refractivity contribution in [2.24, 2.45) is 0 Å². The zero-order valence-electron chi connectivity index (χ0n) is 16.7. The van der Waals surface area contributed by atoms with Gasteiger partial charge in [0.05, 0.1) is 6.61 Å². The van der Waals surface area contributed by atoms with Crippen LogP contribution < -0.4 is 0 Å². The van der Waals surface area contributed by atoms with Gasteiger partial charge in [-0.3, -0.25) is 9.35 Å². The van der Waals surface area contributed by atoms with Crippen LogP contribution in [0.15, 0.2) is 0 Å². The summed E-state index contributed by atoms with van der Waals surface area (Å²) in [5, 5.41) is 8.91. The van der Waals surface area contributed by atoms with Crippen LogP contribution in [0.25, 0.3) is 0 Å². The first kappa shape index (κ1) is 26.3. The maximum atomic E-state index is 11.6. The third-order valence-corrected chi connectivity index (χ3v) is 4.89. The van der Waals surface area contributed by atoms with Crippen LogP contribution in [0.5, 0.6) is 0 Å². The van der Waals surface area contributed by atoms with E-state index in [0.29, 0.717) is 0 Å². The van der Waals surface area contributed by atoms with Crippen LogP contribution in [0.1, 0.15) is 96.8 Å². The van der Waals surface area contributed by atoms with Crippen molar-refractivity contribution in [3.05, 3.63) is 0 Å². The lowest BCUT2D eigenvalue weighted by atomic mass is 10.0. The lowest BCUT2D eigenvalue weighted by Crippen LogP contribution is -2.28. The number of unbranched alkanes of at least 4 members (excludes halogenated alkanes) is 12. The fraction of sp³-hybridized carbons (Fsp3) is 0.947. The molecule has 0 spiro atoms. The van der Waals surface area contributed by atoms with E-state index in [0.717, 1.165) is 19.3 Å². The molecule has 1 atom stereocenters. The fourth-order valence-electron chi connectivity index (χ4n) is 2.83. The number of hydrogen-bond acceptors (Lipinski definition) is 6. The van der Waals surface area contributed by atoms with Gasteiger partial charge in [0.1, 0.15) is 12.7 Å². The van der Waals surface area contributed by atoms with Crippen LogP contribution in [0.4, 0.5) is 0 Å². The molecule has 27 heavy (non-hydrogen) atoms. The van der Waals surface area contributed by atoms with E-state index in [1.807, 2.05) is 0 Å². The second kappa shape index (κ2) is 17.4. The Morgan fingerprint density at radius 1 is 0.852 bits per heavy atom. The molecular formula is C19H38O7S. The molecule has 162 valence electrons. The van der Waals surface area contributed by atoms with Gasteiger partial charge in [0.25, 0.3) is 0 Å². The third kappa shape index (κ3) is 19.9. The first-order valence-electron chi connectivity index (χ1n) is 10.3. The van der Waals surface area contributed by atoms with E-state index in [4.69, 9.17) is 14.4 Å². The average molecular weight is 411 g/mol. The minimum Gasteiger partial charge on any atom is -0.463 e. The molecule has 0 aromatic rings. The van der Waals surface area contributed by atoms with Crippen molar-refractivity contribution >= 4 is 16.4 Å². The summed E-state index contributed by atoms with van der Waals surface area (Å²) in [6.45, 7) is 1.15. The minimum absolute atomic E-state index is 0.252. The molecule has 0 bridgehead atoms. The van der Waals surface area contributed by atoms with Crippen molar-refractivity contribution in [2.75, 3.05) is 13.2 Å². The monoisotopic (exact) mass is 410 g/mol. The predicted molar refractivity (Wildman–Crippen MR) is 105 cm³/mol. The highest BCUT2D eigenvalue weighted by Gasteiger charge is 2.18. The molecule has 1 unspecified atom stereocenters. The molecule has 7 nitrogen and oxygen atoms in total. The SMILES string of the molecule is CCCCCCCCCCCCCCCC(=O)OCC(CO)OS(=O)(=O)O. The summed E-state index contributed by atoms with van der Waals surface area (Å²) < 4.78 is 38.6. The summed E-state index contributed by atoms with van der Waals surface area (Å²) >= 11 is 0. The Balaban J connectivity index is 3.43. The molecule has 0 aliphatic rings. The standard InChI is InChI=1S/C19H38O7S/c1-2-3-4-5-6-7-8-9-10-11-12-13-14-15-19(21)25-17-18(16-20)26-27(22,23)24/h18,20H,2-17H2,1H3,(H,22,23,24). The molecule has 0 aromatic heterocycles. The van der Waals surface area contributed by atoms with Crippen LogP contribution in [-0.2, 0) is 24.1 Å². The topological polar surface area (TPSA) is 110 Å². The zero-order valence-corrected chi connectivity index (χ0v) is 17.6. The van der Waals surface area contributed by atoms with Crippen molar-refractivity contribution in [3.8, 4) is 0 Å². The van der Waals surface area contributed by atoms with Gasteiger partial charge in [-0.25, -0.2) is 4.18 Å². The van der Waals surface area contributed by atoms with E-state index in [-0.39, 0.29) is 6.42 Å². The van der Waals surface area contributed by atoms with Crippen LogP contribution in [-0.4, -0.2) is 43.4 Å². The number of carbonyl (C=O) groups excluding carboxylic acids is 1. The fourth-order valence-corrected chi connectivity index (χ4v) is 3.29. The smallest absolute Gasteiger partial charge is 0.397 e. The molecule has 0 rings (SSSR count). The first-order chi connectivity index (χ1) is 12.9. The number of rotatable bonds is 19. The summed E-state index contributed by atoms with van der Waals surface area (Å²) in [5.41, 5.74) is 0. The van der Waals surface area contributed by atoms with Crippen LogP contribution in [0.3, 0.4) is 0 Å². The number of hydrogen-bond donors (Lipinski definition) is 2. The van der Waals surface area contributed by atoms with Crippen LogP contribution in [0.2, 0.25) is 0 Å². The number of carbonyl (C=O) groups is 1. The van der Waals surface area contributed by atoms with Gasteiger partial charge in [0, 0.05) is 6.42 Å².